The number of ether oxygens (including phenoxy) is 1. The zero-order valence-corrected chi connectivity index (χ0v) is 23.2. The van der Waals surface area contributed by atoms with Crippen molar-refractivity contribution in [3.63, 3.8) is 0 Å². The molecule has 0 unspecified atom stereocenters. The van der Waals surface area contributed by atoms with E-state index in [0.717, 1.165) is 38.2 Å². The maximum Gasteiger partial charge on any atom is 0.414 e. The number of fused-ring (bicyclic) bond motifs is 1. The number of rotatable bonds is 12. The number of aromatic nitrogens is 4. The number of alkyl halides is 5. The highest BCUT2D eigenvalue weighted by molar-refractivity contribution is 5.93. The Labute approximate surface area is 242 Å². The smallest absolute Gasteiger partial charge is 0.366 e. The molecule has 3 atom stereocenters. The van der Waals surface area contributed by atoms with Gasteiger partial charge in [-0.2, -0.15) is 13.2 Å². The number of hydrogen-bond acceptors (Lipinski definition) is 7. The standard InChI is InChI=1S/C28H31F5N6O4/c1-13(28(31,32)33)42-12-20(36-26(41)24-23(16-4-5-16)38-43-39-24)25-34-18-7-6-17(9-19(18)35-25)22(15-2-3-15)37-21(40)8-14-10-27(29,30)11-14/h6-7,9,13-16,20,22H,2-5,8,10-12H2,1H3,(H,34,35)(H,36,41)(H,37,40)/t13-,20-,22+/m0/s1. The monoisotopic (exact) mass is 610 g/mol. The molecular formula is C28H31F5N6O4. The summed E-state index contributed by atoms with van der Waals surface area (Å²) in [5, 5.41) is 13.1. The van der Waals surface area contributed by atoms with Gasteiger partial charge in [-0.1, -0.05) is 11.2 Å². The molecule has 0 spiro atoms. The van der Waals surface area contributed by atoms with Gasteiger partial charge < -0.3 is 20.4 Å². The predicted octanol–water partition coefficient (Wildman–Crippen LogP) is 5.26. The van der Waals surface area contributed by atoms with E-state index in [1.54, 1.807) is 18.2 Å². The number of imidazole rings is 1. The number of carbonyl (C=O) groups is 2. The van der Waals surface area contributed by atoms with Crippen LogP contribution in [0.4, 0.5) is 22.0 Å². The van der Waals surface area contributed by atoms with E-state index in [1.165, 1.54) is 0 Å². The zero-order valence-electron chi connectivity index (χ0n) is 23.2. The quantitative estimate of drug-likeness (QED) is 0.238. The summed E-state index contributed by atoms with van der Waals surface area (Å²) >= 11 is 0. The Hall–Kier alpha value is -3.62. The Morgan fingerprint density at radius 2 is 1.88 bits per heavy atom. The SMILES string of the molecule is C[C@H](OC[C@H](NC(=O)c1nonc1C1CC1)c1nc2ccc([C@H](NC(=O)CC3CC(F)(F)C3)C3CC3)cc2[nH]1)C(F)(F)F. The van der Waals surface area contributed by atoms with Crippen molar-refractivity contribution in [1.29, 1.82) is 0 Å². The van der Waals surface area contributed by atoms with Gasteiger partial charge in [0.15, 0.2) is 11.8 Å². The van der Waals surface area contributed by atoms with E-state index in [0.29, 0.717) is 16.7 Å². The Morgan fingerprint density at radius 1 is 1.14 bits per heavy atom. The summed E-state index contributed by atoms with van der Waals surface area (Å²) in [6, 6.07) is 3.88. The van der Waals surface area contributed by atoms with E-state index >= 15 is 0 Å². The molecule has 15 heteroatoms. The number of carbonyl (C=O) groups excluding carboxylic acids is 2. The van der Waals surface area contributed by atoms with Crippen molar-refractivity contribution >= 4 is 22.8 Å². The first-order chi connectivity index (χ1) is 20.4. The zero-order chi connectivity index (χ0) is 30.5. The Balaban J connectivity index is 1.20. The van der Waals surface area contributed by atoms with Crippen LogP contribution in [0.15, 0.2) is 22.8 Å². The lowest BCUT2D eigenvalue weighted by Gasteiger charge is -2.34. The summed E-state index contributed by atoms with van der Waals surface area (Å²) in [5.41, 5.74) is 2.16. The summed E-state index contributed by atoms with van der Waals surface area (Å²) in [6.07, 6.45) is -3.75. The summed E-state index contributed by atoms with van der Waals surface area (Å²) < 4.78 is 75.8. The number of nitrogens with one attached hydrogen (secondary N) is 3. The van der Waals surface area contributed by atoms with Crippen molar-refractivity contribution in [1.82, 2.24) is 30.9 Å². The number of aromatic amines is 1. The van der Waals surface area contributed by atoms with E-state index in [-0.39, 0.29) is 60.5 Å². The maximum absolute atomic E-state index is 13.2. The van der Waals surface area contributed by atoms with Crippen LogP contribution < -0.4 is 10.6 Å². The molecule has 0 saturated heterocycles. The van der Waals surface area contributed by atoms with Crippen LogP contribution in [0.2, 0.25) is 0 Å². The van der Waals surface area contributed by atoms with Gasteiger partial charge in [0.1, 0.15) is 17.6 Å². The second-order valence-electron chi connectivity index (χ2n) is 11.9. The number of H-pyrrole nitrogens is 1. The molecule has 3 aliphatic carbocycles. The number of nitrogens with zero attached hydrogens (tertiary/aromatic N) is 3. The van der Waals surface area contributed by atoms with Crippen LogP contribution in [0.5, 0.6) is 0 Å². The minimum Gasteiger partial charge on any atom is -0.366 e. The lowest BCUT2D eigenvalue weighted by Crippen LogP contribution is -2.39. The highest BCUT2D eigenvalue weighted by Gasteiger charge is 2.46. The molecule has 1 aromatic carbocycles. The molecule has 232 valence electrons. The fraction of sp³-hybridized carbons (Fsp3) is 0.607. The highest BCUT2D eigenvalue weighted by atomic mass is 19.4. The molecule has 10 nitrogen and oxygen atoms in total. The molecule has 2 heterocycles. The van der Waals surface area contributed by atoms with Crippen LogP contribution in [0.25, 0.3) is 11.0 Å². The molecule has 2 amide bonds. The first-order valence-electron chi connectivity index (χ1n) is 14.3. The highest BCUT2D eigenvalue weighted by Crippen LogP contribution is 2.45. The van der Waals surface area contributed by atoms with Crippen molar-refractivity contribution in [3.8, 4) is 0 Å². The predicted molar refractivity (Wildman–Crippen MR) is 140 cm³/mol. The first kappa shape index (κ1) is 29.5. The van der Waals surface area contributed by atoms with Gasteiger partial charge in [-0.05, 0) is 67.3 Å². The van der Waals surface area contributed by atoms with Crippen LogP contribution >= 0.6 is 0 Å². The third-order valence-electron chi connectivity index (χ3n) is 8.24. The van der Waals surface area contributed by atoms with Gasteiger partial charge in [0.25, 0.3) is 5.91 Å². The van der Waals surface area contributed by atoms with Gasteiger partial charge in [0, 0.05) is 25.2 Å². The van der Waals surface area contributed by atoms with Crippen molar-refractivity contribution in [3.05, 3.63) is 41.0 Å². The van der Waals surface area contributed by atoms with Gasteiger partial charge in [0.05, 0.1) is 23.7 Å². The van der Waals surface area contributed by atoms with E-state index in [1.807, 2.05) is 0 Å². The molecule has 43 heavy (non-hydrogen) atoms. The van der Waals surface area contributed by atoms with E-state index in [4.69, 9.17) is 9.37 Å². The number of benzene rings is 1. The van der Waals surface area contributed by atoms with Gasteiger partial charge >= 0.3 is 6.18 Å². The largest absolute Gasteiger partial charge is 0.414 e. The molecule has 3 N–H and O–H groups in total. The second-order valence-corrected chi connectivity index (χ2v) is 11.9. The minimum absolute atomic E-state index is 0.0382. The molecule has 6 rings (SSSR count). The Morgan fingerprint density at radius 3 is 2.53 bits per heavy atom. The lowest BCUT2D eigenvalue weighted by molar-refractivity contribution is -0.215. The molecule has 2 aromatic heterocycles. The normalized spacial score (nSPS) is 20.8. The molecular weight excluding hydrogens is 579 g/mol. The minimum atomic E-state index is -4.60. The molecule has 0 radical (unpaired) electrons. The summed E-state index contributed by atoms with van der Waals surface area (Å²) in [4.78, 5) is 33.3. The number of amides is 2. The topological polar surface area (TPSA) is 135 Å². The van der Waals surface area contributed by atoms with Gasteiger partial charge in [-0.25, -0.2) is 18.4 Å². The fourth-order valence-electron chi connectivity index (χ4n) is 5.46. The van der Waals surface area contributed by atoms with Crippen LogP contribution in [0.3, 0.4) is 0 Å². The third kappa shape index (κ3) is 6.81. The number of hydrogen-bond donors (Lipinski definition) is 3. The lowest BCUT2D eigenvalue weighted by atomic mass is 9.79. The second kappa shape index (κ2) is 11.1. The third-order valence-corrected chi connectivity index (χ3v) is 8.24. The molecule has 3 saturated carbocycles. The molecule has 3 aromatic rings. The van der Waals surface area contributed by atoms with Crippen molar-refractivity contribution in [2.45, 2.75) is 88.1 Å². The average molecular weight is 611 g/mol. The van der Waals surface area contributed by atoms with Crippen molar-refractivity contribution in [2.24, 2.45) is 11.8 Å². The van der Waals surface area contributed by atoms with E-state index < -0.39 is 36.8 Å². The molecule has 0 aliphatic heterocycles. The van der Waals surface area contributed by atoms with Gasteiger partial charge in [0.2, 0.25) is 11.8 Å². The Bertz CT molecular complexity index is 1490. The van der Waals surface area contributed by atoms with Crippen LogP contribution in [0, 0.1) is 11.8 Å². The number of halogens is 5. The summed E-state index contributed by atoms with van der Waals surface area (Å²) in [7, 11) is 0. The van der Waals surface area contributed by atoms with Gasteiger partial charge in [-0.3, -0.25) is 9.59 Å². The molecule has 3 fully saturated rings. The fourth-order valence-corrected chi connectivity index (χ4v) is 5.46. The first-order valence-corrected chi connectivity index (χ1v) is 14.3. The van der Waals surface area contributed by atoms with Crippen LogP contribution in [-0.2, 0) is 9.53 Å². The van der Waals surface area contributed by atoms with Crippen LogP contribution in [-0.4, -0.2) is 56.9 Å². The van der Waals surface area contributed by atoms with Crippen molar-refractivity contribution < 1.29 is 40.9 Å². The van der Waals surface area contributed by atoms with E-state index in [9.17, 15) is 31.5 Å². The molecule has 3 aliphatic rings. The summed E-state index contributed by atoms with van der Waals surface area (Å²) in [5.74, 6) is -3.58. The van der Waals surface area contributed by atoms with Crippen LogP contribution in [0.1, 0.15) is 97.4 Å². The van der Waals surface area contributed by atoms with Gasteiger partial charge in [-0.15, -0.1) is 0 Å². The molecule has 0 bridgehead atoms. The van der Waals surface area contributed by atoms with Crippen molar-refractivity contribution in [2.75, 3.05) is 6.61 Å². The summed E-state index contributed by atoms with van der Waals surface area (Å²) in [6.45, 7) is 0.337. The Kier molecular flexibility index (Phi) is 7.63. The maximum atomic E-state index is 13.2. The average Bonchev–Trinajstić information content (AvgIpc) is 3.85. The van der Waals surface area contributed by atoms with E-state index in [2.05, 4.69) is 30.9 Å².